The summed E-state index contributed by atoms with van der Waals surface area (Å²) in [4.78, 5) is 4.83. The summed E-state index contributed by atoms with van der Waals surface area (Å²) in [6.07, 6.45) is 6.59. The van der Waals surface area contributed by atoms with E-state index in [-0.39, 0.29) is 5.54 Å². The molecule has 1 aliphatic heterocycles. The molecule has 1 heterocycles. The fraction of sp³-hybridized carbons (Fsp3) is 0.923. The summed E-state index contributed by atoms with van der Waals surface area (Å²) >= 11 is 1.90. The third kappa shape index (κ3) is 3.41. The van der Waals surface area contributed by atoms with E-state index < -0.39 is 0 Å². The number of rotatable bonds is 4. The summed E-state index contributed by atoms with van der Waals surface area (Å²) in [6, 6.07) is 0.502. The van der Waals surface area contributed by atoms with Crippen molar-refractivity contribution in [1.29, 1.82) is 0 Å². The van der Waals surface area contributed by atoms with E-state index in [0.29, 0.717) is 6.04 Å². The Hall–Kier alpha value is -0.180. The van der Waals surface area contributed by atoms with E-state index in [1.54, 1.807) is 0 Å². The Kier molecular flexibility index (Phi) is 3.83. The molecule has 0 bridgehead atoms. The molecule has 0 spiro atoms. The van der Waals surface area contributed by atoms with Crippen molar-refractivity contribution in [2.45, 2.75) is 64.5 Å². The number of hydrogen-bond donors (Lipinski definition) is 1. The van der Waals surface area contributed by atoms with Crippen molar-refractivity contribution in [3.05, 3.63) is 0 Å². The summed E-state index contributed by atoms with van der Waals surface area (Å²) in [5.74, 6) is 2.19. The van der Waals surface area contributed by atoms with Gasteiger partial charge in [0.15, 0.2) is 5.17 Å². The molecule has 0 aromatic heterocycles. The van der Waals surface area contributed by atoms with E-state index in [9.17, 15) is 0 Å². The first-order valence-electron chi connectivity index (χ1n) is 6.60. The molecule has 2 nitrogen and oxygen atoms in total. The van der Waals surface area contributed by atoms with Crippen LogP contribution in [-0.4, -0.2) is 22.5 Å². The van der Waals surface area contributed by atoms with Gasteiger partial charge in [-0.3, -0.25) is 4.99 Å². The predicted molar refractivity (Wildman–Crippen MR) is 73.1 cm³/mol. The Labute approximate surface area is 104 Å². The van der Waals surface area contributed by atoms with Gasteiger partial charge in [0.2, 0.25) is 0 Å². The van der Waals surface area contributed by atoms with Crippen molar-refractivity contribution >= 4 is 16.9 Å². The minimum atomic E-state index is 0.281. The molecule has 1 N–H and O–H groups in total. The zero-order valence-corrected chi connectivity index (χ0v) is 11.6. The number of hydrogen-bond acceptors (Lipinski definition) is 2. The number of aliphatic imine (C=N–C) groups is 1. The summed E-state index contributed by atoms with van der Waals surface area (Å²) in [5.41, 5.74) is 0.281. The minimum Gasteiger partial charge on any atom is -0.360 e. The molecule has 0 amide bonds. The molecular weight excluding hydrogens is 216 g/mol. The van der Waals surface area contributed by atoms with Gasteiger partial charge in [0.05, 0.1) is 6.04 Å². The lowest BCUT2D eigenvalue weighted by molar-refractivity contribution is 0.389. The van der Waals surface area contributed by atoms with Crippen molar-refractivity contribution < 1.29 is 0 Å². The van der Waals surface area contributed by atoms with Gasteiger partial charge >= 0.3 is 0 Å². The zero-order chi connectivity index (χ0) is 11.6. The molecule has 16 heavy (non-hydrogen) atoms. The van der Waals surface area contributed by atoms with Crippen LogP contribution >= 0.6 is 11.8 Å². The Balaban J connectivity index is 1.89. The van der Waals surface area contributed by atoms with Gasteiger partial charge in [-0.05, 0) is 39.0 Å². The van der Waals surface area contributed by atoms with Crippen LogP contribution in [0.4, 0.5) is 0 Å². The SMILES string of the molecule is CCC1(C)CCSC(=NC(C)CC2CC2)N1. The van der Waals surface area contributed by atoms with Gasteiger partial charge in [0.25, 0.3) is 0 Å². The second-order valence-corrected chi connectivity index (χ2v) is 6.68. The lowest BCUT2D eigenvalue weighted by atomic mass is 9.96. The van der Waals surface area contributed by atoms with Gasteiger partial charge in [-0.15, -0.1) is 0 Å². The molecule has 2 fully saturated rings. The maximum Gasteiger partial charge on any atom is 0.157 e. The van der Waals surface area contributed by atoms with Crippen LogP contribution in [0.25, 0.3) is 0 Å². The number of amidine groups is 1. The third-order valence-electron chi connectivity index (χ3n) is 3.79. The van der Waals surface area contributed by atoms with Crippen LogP contribution in [0.15, 0.2) is 4.99 Å². The van der Waals surface area contributed by atoms with Crippen LogP contribution < -0.4 is 5.32 Å². The van der Waals surface area contributed by atoms with Crippen molar-refractivity contribution in [1.82, 2.24) is 5.32 Å². The van der Waals surface area contributed by atoms with E-state index in [4.69, 9.17) is 4.99 Å². The molecule has 3 heteroatoms. The molecule has 0 aromatic carbocycles. The van der Waals surface area contributed by atoms with Gasteiger partial charge < -0.3 is 5.32 Å². The molecule has 2 atom stereocenters. The Morgan fingerprint density at radius 3 is 2.94 bits per heavy atom. The van der Waals surface area contributed by atoms with E-state index in [2.05, 4.69) is 26.1 Å². The summed E-state index contributed by atoms with van der Waals surface area (Å²) in [7, 11) is 0. The fourth-order valence-corrected chi connectivity index (χ4v) is 3.47. The normalized spacial score (nSPS) is 34.8. The molecular formula is C13H24N2S. The predicted octanol–water partition coefficient (Wildman–Crippen LogP) is 3.43. The molecule has 2 rings (SSSR count). The van der Waals surface area contributed by atoms with Crippen molar-refractivity contribution in [2.75, 3.05) is 5.75 Å². The quantitative estimate of drug-likeness (QED) is 0.814. The Morgan fingerprint density at radius 2 is 2.31 bits per heavy atom. The van der Waals surface area contributed by atoms with Crippen LogP contribution in [0.3, 0.4) is 0 Å². The highest BCUT2D eigenvalue weighted by Crippen LogP contribution is 2.34. The number of nitrogens with zero attached hydrogens (tertiary/aromatic N) is 1. The molecule has 1 saturated carbocycles. The molecule has 1 aliphatic carbocycles. The second kappa shape index (κ2) is 4.99. The van der Waals surface area contributed by atoms with Crippen molar-refractivity contribution in [3.8, 4) is 0 Å². The van der Waals surface area contributed by atoms with Crippen molar-refractivity contribution in [3.63, 3.8) is 0 Å². The maximum absolute atomic E-state index is 4.83. The summed E-state index contributed by atoms with van der Waals surface area (Å²) < 4.78 is 0. The topological polar surface area (TPSA) is 24.4 Å². The molecule has 0 aromatic rings. The monoisotopic (exact) mass is 240 g/mol. The highest BCUT2D eigenvalue weighted by Gasteiger charge is 2.28. The molecule has 2 unspecified atom stereocenters. The fourth-order valence-electron chi connectivity index (χ4n) is 2.15. The van der Waals surface area contributed by atoms with E-state index in [1.807, 2.05) is 11.8 Å². The Morgan fingerprint density at radius 1 is 1.56 bits per heavy atom. The highest BCUT2D eigenvalue weighted by molar-refractivity contribution is 8.13. The first kappa shape index (κ1) is 12.3. The van der Waals surface area contributed by atoms with E-state index >= 15 is 0 Å². The summed E-state index contributed by atoms with van der Waals surface area (Å²) in [5, 5.41) is 4.80. The van der Waals surface area contributed by atoms with Crippen LogP contribution in [0, 0.1) is 5.92 Å². The average molecular weight is 240 g/mol. The zero-order valence-electron chi connectivity index (χ0n) is 10.8. The smallest absolute Gasteiger partial charge is 0.157 e. The maximum atomic E-state index is 4.83. The lowest BCUT2D eigenvalue weighted by Gasteiger charge is -2.35. The number of thioether (sulfide) groups is 1. The van der Waals surface area contributed by atoms with Gasteiger partial charge in [-0.2, -0.15) is 0 Å². The van der Waals surface area contributed by atoms with Gasteiger partial charge in [-0.1, -0.05) is 31.5 Å². The molecule has 2 aliphatic rings. The summed E-state index contributed by atoms with van der Waals surface area (Å²) in [6.45, 7) is 6.83. The number of nitrogens with one attached hydrogen (secondary N) is 1. The first-order chi connectivity index (χ1) is 7.61. The highest BCUT2D eigenvalue weighted by atomic mass is 32.2. The lowest BCUT2D eigenvalue weighted by Crippen LogP contribution is -2.48. The average Bonchev–Trinajstić information content (AvgIpc) is 3.01. The van der Waals surface area contributed by atoms with Gasteiger partial charge in [0, 0.05) is 11.3 Å². The molecule has 0 radical (unpaired) electrons. The molecule has 1 saturated heterocycles. The van der Waals surface area contributed by atoms with Gasteiger partial charge in [-0.25, -0.2) is 0 Å². The second-order valence-electron chi connectivity index (χ2n) is 5.60. The van der Waals surface area contributed by atoms with Crippen LogP contribution in [0.2, 0.25) is 0 Å². The Bertz CT molecular complexity index is 273. The molecule has 92 valence electrons. The minimum absolute atomic E-state index is 0.281. The standard InChI is InChI=1S/C13H24N2S/c1-4-13(3)7-8-16-12(15-13)14-10(2)9-11-5-6-11/h10-11H,4-9H2,1-3H3,(H,14,15). The van der Waals surface area contributed by atoms with Crippen LogP contribution in [0.1, 0.15) is 52.9 Å². The van der Waals surface area contributed by atoms with Crippen LogP contribution in [0.5, 0.6) is 0 Å². The van der Waals surface area contributed by atoms with Gasteiger partial charge in [0.1, 0.15) is 0 Å². The van der Waals surface area contributed by atoms with Crippen LogP contribution in [-0.2, 0) is 0 Å². The third-order valence-corrected chi connectivity index (χ3v) is 4.68. The van der Waals surface area contributed by atoms with Crippen molar-refractivity contribution in [2.24, 2.45) is 10.9 Å². The van der Waals surface area contributed by atoms with E-state index in [1.165, 1.54) is 43.0 Å². The largest absolute Gasteiger partial charge is 0.360 e. The first-order valence-corrected chi connectivity index (χ1v) is 7.58. The van der Waals surface area contributed by atoms with E-state index in [0.717, 1.165) is 5.92 Å².